The highest BCUT2D eigenvalue weighted by Crippen LogP contribution is 2.41. The van der Waals surface area contributed by atoms with Crippen molar-refractivity contribution < 1.29 is 19.1 Å². The minimum Gasteiger partial charge on any atom is -0.480 e. The number of fused-ring (bicyclic) bond motifs is 1. The minimum absolute atomic E-state index is 0.0344. The molecule has 3 aromatic heterocycles. The summed E-state index contributed by atoms with van der Waals surface area (Å²) in [5, 5.41) is 27.0. The molecule has 0 spiro atoms. The summed E-state index contributed by atoms with van der Waals surface area (Å²) < 4.78 is 8.75. The highest BCUT2D eigenvalue weighted by atomic mass is 79.9. The molecule has 3 N–H and O–H groups in total. The number of H-pyrrole nitrogens is 1. The number of nitrogens with zero attached hydrogens (tertiary/aromatic N) is 5. The third kappa shape index (κ3) is 5.36. The number of carbonyl (C=O) groups excluding carboxylic acids is 1. The van der Waals surface area contributed by atoms with Gasteiger partial charge >= 0.3 is 5.97 Å². The van der Waals surface area contributed by atoms with Gasteiger partial charge in [-0.15, -0.1) is 10.2 Å². The first-order valence-corrected chi connectivity index (χ1v) is 13.8. The number of aryl methyl sites for hydroxylation is 1. The van der Waals surface area contributed by atoms with E-state index in [1.54, 1.807) is 4.57 Å². The molecule has 0 aliphatic carbocycles. The Morgan fingerprint density at radius 2 is 2.00 bits per heavy atom. The van der Waals surface area contributed by atoms with Gasteiger partial charge in [0.1, 0.15) is 28.9 Å². The molecule has 0 saturated heterocycles. The largest absolute Gasteiger partial charge is 0.480 e. The van der Waals surface area contributed by atoms with Gasteiger partial charge in [0, 0.05) is 29.5 Å². The van der Waals surface area contributed by atoms with Gasteiger partial charge in [0.2, 0.25) is 5.82 Å². The van der Waals surface area contributed by atoms with Gasteiger partial charge < -0.3 is 19.4 Å². The highest BCUT2D eigenvalue weighted by Gasteiger charge is 2.25. The van der Waals surface area contributed by atoms with Crippen LogP contribution in [0.15, 0.2) is 51.4 Å². The summed E-state index contributed by atoms with van der Waals surface area (Å²) in [5.41, 5.74) is 3.22. The predicted octanol–water partition coefficient (Wildman–Crippen LogP) is 5.49. The van der Waals surface area contributed by atoms with E-state index in [2.05, 4.69) is 53.8 Å². The van der Waals surface area contributed by atoms with Crippen LogP contribution in [0, 0.1) is 0 Å². The first-order chi connectivity index (χ1) is 19.3. The number of aliphatic carboxylic acids is 1. The van der Waals surface area contributed by atoms with E-state index in [1.165, 1.54) is 6.92 Å². The minimum atomic E-state index is -1.14. The molecule has 3 heterocycles. The number of carboxylic acid groups (broad SMARTS) is 1. The Balaban J connectivity index is 1.54. The van der Waals surface area contributed by atoms with Crippen LogP contribution in [0.5, 0.6) is 0 Å². The van der Waals surface area contributed by atoms with Crippen molar-refractivity contribution >= 4 is 50.4 Å². The number of carbonyl (C=O) groups is 2. The molecule has 5 aromatic rings. The van der Waals surface area contributed by atoms with E-state index in [9.17, 15) is 14.7 Å². The molecule has 0 unspecified atom stereocenters. The van der Waals surface area contributed by atoms with E-state index in [4.69, 9.17) is 16.0 Å². The van der Waals surface area contributed by atoms with Crippen LogP contribution >= 0.6 is 27.5 Å². The number of unbranched alkanes of at least 4 members (excludes halogenated alkanes) is 1. The van der Waals surface area contributed by atoms with E-state index in [1.807, 2.05) is 42.5 Å². The van der Waals surface area contributed by atoms with Crippen LogP contribution in [0.2, 0.25) is 5.15 Å². The fraction of sp³-hybridized carbons (Fsp3) is 0.259. The molecule has 0 aliphatic heterocycles. The molecule has 11 nitrogen and oxygen atoms in total. The molecule has 0 radical (unpaired) electrons. The van der Waals surface area contributed by atoms with Crippen LogP contribution in [0.3, 0.4) is 0 Å². The van der Waals surface area contributed by atoms with Crippen molar-refractivity contribution in [2.45, 2.75) is 45.7 Å². The van der Waals surface area contributed by atoms with Gasteiger partial charge in [0.05, 0.1) is 4.47 Å². The lowest BCUT2D eigenvalue weighted by Gasteiger charge is -2.14. The quantitative estimate of drug-likeness (QED) is 0.184. The maximum atomic E-state index is 13.1. The van der Waals surface area contributed by atoms with Crippen molar-refractivity contribution in [3.8, 4) is 22.7 Å². The third-order valence-corrected chi connectivity index (χ3v) is 7.53. The molecular weight excluding hydrogens is 602 g/mol. The monoisotopic (exact) mass is 625 g/mol. The van der Waals surface area contributed by atoms with Gasteiger partial charge in [-0.3, -0.25) is 9.59 Å². The van der Waals surface area contributed by atoms with E-state index in [0.29, 0.717) is 36.0 Å². The number of aromatic amines is 1. The predicted molar refractivity (Wildman–Crippen MR) is 152 cm³/mol. The van der Waals surface area contributed by atoms with Crippen LogP contribution < -0.4 is 5.32 Å². The van der Waals surface area contributed by atoms with Crippen LogP contribution in [-0.2, 0) is 17.8 Å². The highest BCUT2D eigenvalue weighted by molar-refractivity contribution is 9.10. The smallest absolute Gasteiger partial charge is 0.325 e. The van der Waals surface area contributed by atoms with Crippen molar-refractivity contribution in [2.24, 2.45) is 0 Å². The summed E-state index contributed by atoms with van der Waals surface area (Å²) in [7, 11) is 0. The standard InChI is InChI=1S/C27H25BrClN7O4/c1-3-4-9-20-31-24(29)22(26(37)30-14(2)27(38)39)36(20)13-15-10-11-19-18(12-15)21(28)23(40-19)16-7-5-6-8-17(16)25-32-34-35-33-25/h5-8,10-12,14H,3-4,9,13H2,1-2H3,(H,30,37)(H,38,39)(H,32,33,34,35)/t14-/m1/s1. The zero-order valence-electron chi connectivity index (χ0n) is 21.6. The lowest BCUT2D eigenvalue weighted by Crippen LogP contribution is -2.39. The molecule has 2 aromatic carbocycles. The molecule has 13 heteroatoms. The number of amides is 1. The maximum absolute atomic E-state index is 13.1. The number of imidazole rings is 1. The Labute approximate surface area is 242 Å². The molecule has 0 fully saturated rings. The Bertz CT molecular complexity index is 1700. The van der Waals surface area contributed by atoms with Gasteiger partial charge in [-0.05, 0) is 52.2 Å². The summed E-state index contributed by atoms with van der Waals surface area (Å²) in [6.07, 6.45) is 2.41. The van der Waals surface area contributed by atoms with Crippen LogP contribution in [0.4, 0.5) is 0 Å². The Morgan fingerprint density at radius 3 is 2.70 bits per heavy atom. The molecule has 0 saturated carbocycles. The lowest BCUT2D eigenvalue weighted by molar-refractivity contribution is -0.138. The lowest BCUT2D eigenvalue weighted by atomic mass is 10.0. The summed E-state index contributed by atoms with van der Waals surface area (Å²) in [6, 6.07) is 12.3. The zero-order chi connectivity index (χ0) is 28.4. The molecule has 5 rings (SSSR count). The molecule has 0 aliphatic rings. The number of carboxylic acids is 1. The second kappa shape index (κ2) is 11.6. The van der Waals surface area contributed by atoms with E-state index >= 15 is 0 Å². The number of hydrogen-bond acceptors (Lipinski definition) is 7. The van der Waals surface area contributed by atoms with Crippen molar-refractivity contribution in [3.05, 3.63) is 69.2 Å². The summed E-state index contributed by atoms with van der Waals surface area (Å²) in [4.78, 5) is 28.9. The van der Waals surface area contributed by atoms with Crippen LogP contribution in [0.1, 0.15) is 48.6 Å². The number of aromatic nitrogens is 6. The van der Waals surface area contributed by atoms with Crippen molar-refractivity contribution in [2.75, 3.05) is 0 Å². The second-order valence-corrected chi connectivity index (χ2v) is 10.4. The molecule has 0 bridgehead atoms. The van der Waals surface area contributed by atoms with Gasteiger partial charge in [-0.1, -0.05) is 55.3 Å². The molecule has 1 amide bonds. The van der Waals surface area contributed by atoms with Crippen molar-refractivity contribution in [1.82, 2.24) is 35.5 Å². The summed E-state index contributed by atoms with van der Waals surface area (Å²) >= 11 is 10.1. The SMILES string of the molecule is CCCCc1nc(Cl)c(C(=O)N[C@H](C)C(=O)O)n1Cc1ccc2oc(-c3ccccc3-c3nn[nH]n3)c(Br)c2c1. The van der Waals surface area contributed by atoms with E-state index in [-0.39, 0.29) is 10.8 Å². The van der Waals surface area contributed by atoms with Gasteiger partial charge in [0.15, 0.2) is 5.15 Å². The molecule has 1 atom stereocenters. The Hall–Kier alpha value is -4.03. The normalized spacial score (nSPS) is 12.1. The number of benzene rings is 2. The number of hydrogen-bond donors (Lipinski definition) is 3. The Morgan fingerprint density at radius 1 is 1.23 bits per heavy atom. The fourth-order valence-corrected chi connectivity index (χ4v) is 5.32. The first kappa shape index (κ1) is 27.5. The van der Waals surface area contributed by atoms with Crippen molar-refractivity contribution in [3.63, 3.8) is 0 Å². The van der Waals surface area contributed by atoms with E-state index < -0.39 is 17.9 Å². The fourth-order valence-electron chi connectivity index (χ4n) is 4.43. The van der Waals surface area contributed by atoms with Gasteiger partial charge in [0.25, 0.3) is 5.91 Å². The third-order valence-electron chi connectivity index (χ3n) is 6.48. The zero-order valence-corrected chi connectivity index (χ0v) is 24.0. The number of rotatable bonds is 10. The second-order valence-electron chi connectivity index (χ2n) is 9.25. The average Bonchev–Trinajstić information content (AvgIpc) is 3.66. The van der Waals surface area contributed by atoms with E-state index in [0.717, 1.165) is 39.4 Å². The molecule has 206 valence electrons. The molecular formula is C27H25BrClN7O4. The number of halogens is 2. The number of furan rings is 1. The summed E-state index contributed by atoms with van der Waals surface area (Å²) in [5.74, 6) is -0.0244. The van der Waals surface area contributed by atoms with Crippen molar-refractivity contribution in [1.29, 1.82) is 0 Å². The summed E-state index contributed by atoms with van der Waals surface area (Å²) in [6.45, 7) is 3.76. The number of tetrazole rings is 1. The average molecular weight is 627 g/mol. The molecule has 40 heavy (non-hydrogen) atoms. The first-order valence-electron chi connectivity index (χ1n) is 12.6. The van der Waals surface area contributed by atoms with Gasteiger partial charge in [-0.2, -0.15) is 5.21 Å². The maximum Gasteiger partial charge on any atom is 0.325 e. The van der Waals surface area contributed by atoms with Crippen LogP contribution in [-0.4, -0.2) is 53.2 Å². The van der Waals surface area contributed by atoms with Gasteiger partial charge in [-0.25, -0.2) is 4.98 Å². The van der Waals surface area contributed by atoms with Crippen LogP contribution in [0.25, 0.3) is 33.7 Å². The Kier molecular flexibility index (Phi) is 7.99. The topological polar surface area (TPSA) is 152 Å². The number of nitrogens with one attached hydrogen (secondary N) is 2.